The molecule has 0 aliphatic carbocycles. The molecule has 0 aliphatic rings. The van der Waals surface area contributed by atoms with Crippen molar-refractivity contribution in [3.05, 3.63) is 78.1 Å². The lowest BCUT2D eigenvalue weighted by Gasteiger charge is -2.15. The van der Waals surface area contributed by atoms with E-state index in [9.17, 15) is 4.79 Å². The number of carbonyl (C=O) groups is 1. The molecule has 0 radical (unpaired) electrons. The van der Waals surface area contributed by atoms with Gasteiger partial charge in [-0.1, -0.05) is 61.0 Å². The molecule has 0 aliphatic heterocycles. The highest BCUT2D eigenvalue weighted by molar-refractivity contribution is 5.91. The maximum Gasteiger partial charge on any atom is 0.243 e. The highest BCUT2D eigenvalue weighted by Crippen LogP contribution is 2.29. The predicted octanol–water partition coefficient (Wildman–Crippen LogP) is 4.95. The molecular formula is C27H32N6O2. The molecule has 0 bridgehead atoms. The molecule has 0 unspecified atom stereocenters. The number of unbranched alkanes of at least 4 members (excludes halogenated alkanes) is 2. The fourth-order valence-electron chi connectivity index (χ4n) is 4.04. The van der Waals surface area contributed by atoms with Crippen LogP contribution in [0.1, 0.15) is 49.8 Å². The average Bonchev–Trinajstić information content (AvgIpc) is 3.34. The molecule has 8 heteroatoms. The zero-order chi connectivity index (χ0) is 24.5. The molecule has 35 heavy (non-hydrogen) atoms. The van der Waals surface area contributed by atoms with Crippen LogP contribution in [0.25, 0.3) is 22.3 Å². The van der Waals surface area contributed by atoms with Gasteiger partial charge in [-0.3, -0.25) is 10.0 Å². The van der Waals surface area contributed by atoms with Gasteiger partial charge in [-0.15, -0.1) is 0 Å². The van der Waals surface area contributed by atoms with Crippen LogP contribution in [0.2, 0.25) is 0 Å². The van der Waals surface area contributed by atoms with Gasteiger partial charge in [0.2, 0.25) is 5.91 Å². The van der Waals surface area contributed by atoms with Crippen LogP contribution in [0, 0.1) is 0 Å². The smallest absolute Gasteiger partial charge is 0.243 e. The number of hydrogen-bond donors (Lipinski definition) is 5. The second kappa shape index (κ2) is 12.1. The molecule has 1 atom stereocenters. The lowest BCUT2D eigenvalue weighted by atomic mass is 10.1. The number of H-pyrrole nitrogens is 1. The number of nitrogens with zero attached hydrogens (tertiary/aromatic N) is 2. The molecule has 0 saturated heterocycles. The first-order chi connectivity index (χ1) is 17.1. The number of hydroxylamine groups is 1. The Morgan fingerprint density at radius 3 is 2.60 bits per heavy atom. The van der Waals surface area contributed by atoms with Gasteiger partial charge in [0, 0.05) is 24.7 Å². The summed E-state index contributed by atoms with van der Waals surface area (Å²) in [6.07, 6.45) is 4.66. The van der Waals surface area contributed by atoms with Crippen molar-refractivity contribution in [3.8, 4) is 11.3 Å². The number of benzene rings is 2. The maximum atomic E-state index is 11.0. The first-order valence-electron chi connectivity index (χ1n) is 12.0. The van der Waals surface area contributed by atoms with Crippen molar-refractivity contribution in [2.24, 2.45) is 0 Å². The fourth-order valence-corrected chi connectivity index (χ4v) is 4.04. The van der Waals surface area contributed by atoms with E-state index in [-0.39, 0.29) is 11.9 Å². The molecule has 5 N–H and O–H groups in total. The molecule has 4 rings (SSSR count). The molecule has 1 amide bonds. The first-order valence-corrected chi connectivity index (χ1v) is 12.0. The minimum absolute atomic E-state index is 0.125. The van der Waals surface area contributed by atoms with Crippen LogP contribution >= 0.6 is 0 Å². The topological polar surface area (TPSA) is 115 Å². The van der Waals surface area contributed by atoms with Crippen molar-refractivity contribution in [3.63, 3.8) is 0 Å². The number of hydrogen-bond acceptors (Lipinski definition) is 6. The Morgan fingerprint density at radius 2 is 1.83 bits per heavy atom. The third-order valence-corrected chi connectivity index (χ3v) is 6.05. The SMILES string of the molecule is C[C@@H](Nc1ncnc2[nH]c(-c3ccc(CNCCCCCC(=O)NO)cc3)cc12)c1ccccc1. The zero-order valence-corrected chi connectivity index (χ0v) is 19.9. The Morgan fingerprint density at radius 1 is 1.03 bits per heavy atom. The Hall–Kier alpha value is -3.75. The summed E-state index contributed by atoms with van der Waals surface area (Å²) >= 11 is 0. The summed E-state index contributed by atoms with van der Waals surface area (Å²) in [6, 6.07) is 21.0. The van der Waals surface area contributed by atoms with Gasteiger partial charge in [-0.2, -0.15) is 0 Å². The van der Waals surface area contributed by atoms with E-state index in [1.807, 2.05) is 18.2 Å². The minimum Gasteiger partial charge on any atom is -0.363 e. The van der Waals surface area contributed by atoms with Gasteiger partial charge in [0.1, 0.15) is 17.8 Å². The lowest BCUT2D eigenvalue weighted by Crippen LogP contribution is -2.18. The fraction of sp³-hybridized carbons (Fsp3) is 0.296. The lowest BCUT2D eigenvalue weighted by molar-refractivity contribution is -0.129. The zero-order valence-electron chi connectivity index (χ0n) is 19.9. The van der Waals surface area contributed by atoms with Crippen LogP contribution in [0.3, 0.4) is 0 Å². The van der Waals surface area contributed by atoms with Crippen molar-refractivity contribution < 1.29 is 10.0 Å². The minimum atomic E-state index is -0.325. The Labute approximate surface area is 205 Å². The number of rotatable bonds is 12. The van der Waals surface area contributed by atoms with Crippen LogP contribution in [0.15, 0.2) is 67.0 Å². The van der Waals surface area contributed by atoms with Gasteiger partial charge in [0.25, 0.3) is 0 Å². The summed E-state index contributed by atoms with van der Waals surface area (Å²) in [4.78, 5) is 23.3. The van der Waals surface area contributed by atoms with Crippen LogP contribution in [0.5, 0.6) is 0 Å². The number of aromatic amines is 1. The summed E-state index contributed by atoms with van der Waals surface area (Å²) in [6.45, 7) is 3.81. The van der Waals surface area contributed by atoms with Gasteiger partial charge in [0.15, 0.2) is 0 Å². The van der Waals surface area contributed by atoms with Gasteiger partial charge in [-0.05, 0) is 49.1 Å². The number of carbonyl (C=O) groups excluding carboxylic acids is 1. The Balaban J connectivity index is 1.33. The highest BCUT2D eigenvalue weighted by atomic mass is 16.5. The van der Waals surface area contributed by atoms with E-state index >= 15 is 0 Å². The van der Waals surface area contributed by atoms with Crippen molar-refractivity contribution in [1.29, 1.82) is 0 Å². The van der Waals surface area contributed by atoms with E-state index in [2.05, 4.69) is 75.0 Å². The van der Waals surface area contributed by atoms with E-state index in [1.165, 1.54) is 11.1 Å². The van der Waals surface area contributed by atoms with E-state index in [4.69, 9.17) is 5.21 Å². The van der Waals surface area contributed by atoms with Crippen molar-refractivity contribution in [2.75, 3.05) is 11.9 Å². The van der Waals surface area contributed by atoms with Gasteiger partial charge in [-0.25, -0.2) is 15.4 Å². The molecule has 2 heterocycles. The molecule has 2 aromatic carbocycles. The average molecular weight is 473 g/mol. The summed E-state index contributed by atoms with van der Waals surface area (Å²) in [5.41, 5.74) is 6.98. The Kier molecular flexibility index (Phi) is 8.43. The molecule has 182 valence electrons. The van der Waals surface area contributed by atoms with Crippen LogP contribution in [-0.4, -0.2) is 32.6 Å². The molecule has 4 aromatic rings. The highest BCUT2D eigenvalue weighted by Gasteiger charge is 2.12. The molecule has 0 saturated carbocycles. The Bertz CT molecular complexity index is 1220. The standard InChI is InChI=1S/C27H32N6O2/c1-19(21-8-4-2-5-9-21)31-26-23-16-24(32-27(23)30-18-29-26)22-13-11-20(12-14-22)17-28-15-7-3-6-10-25(34)33-35/h2,4-5,8-9,11-14,16,18-19,28,35H,3,6-7,10,15,17H2,1H3,(H,33,34)(H2,29,30,31,32)/t19-/m1/s1. The third kappa shape index (κ3) is 6.65. The number of anilines is 1. The van der Waals surface area contributed by atoms with E-state index in [0.717, 1.165) is 60.5 Å². The second-order valence-corrected chi connectivity index (χ2v) is 8.66. The van der Waals surface area contributed by atoms with Crippen molar-refractivity contribution in [1.82, 2.24) is 25.7 Å². The normalized spacial score (nSPS) is 11.9. The largest absolute Gasteiger partial charge is 0.363 e. The van der Waals surface area contributed by atoms with Crippen molar-refractivity contribution in [2.45, 2.75) is 45.2 Å². The molecule has 0 spiro atoms. The van der Waals surface area contributed by atoms with Crippen LogP contribution < -0.4 is 16.1 Å². The summed E-state index contributed by atoms with van der Waals surface area (Å²) in [5, 5.41) is 16.4. The van der Waals surface area contributed by atoms with Crippen LogP contribution in [0.4, 0.5) is 5.82 Å². The van der Waals surface area contributed by atoms with E-state index in [0.29, 0.717) is 6.42 Å². The summed E-state index contributed by atoms with van der Waals surface area (Å²) < 4.78 is 0. The summed E-state index contributed by atoms with van der Waals surface area (Å²) in [5.74, 6) is 0.487. The van der Waals surface area contributed by atoms with Gasteiger partial charge in [0.05, 0.1) is 5.39 Å². The number of fused-ring (bicyclic) bond motifs is 1. The monoisotopic (exact) mass is 472 g/mol. The first kappa shape index (κ1) is 24.4. The molecular weight excluding hydrogens is 440 g/mol. The maximum absolute atomic E-state index is 11.0. The van der Waals surface area contributed by atoms with Gasteiger partial charge >= 0.3 is 0 Å². The van der Waals surface area contributed by atoms with Crippen molar-refractivity contribution >= 4 is 22.8 Å². The van der Waals surface area contributed by atoms with Crippen LogP contribution in [-0.2, 0) is 11.3 Å². The number of aromatic nitrogens is 3. The predicted molar refractivity (Wildman–Crippen MR) is 138 cm³/mol. The van der Waals surface area contributed by atoms with E-state index in [1.54, 1.807) is 11.8 Å². The second-order valence-electron chi connectivity index (χ2n) is 8.66. The number of nitrogens with one attached hydrogen (secondary N) is 4. The van der Waals surface area contributed by atoms with Gasteiger partial charge < -0.3 is 15.6 Å². The summed E-state index contributed by atoms with van der Waals surface area (Å²) in [7, 11) is 0. The molecule has 2 aromatic heterocycles. The molecule has 0 fully saturated rings. The third-order valence-electron chi connectivity index (χ3n) is 6.05. The van der Waals surface area contributed by atoms with E-state index < -0.39 is 0 Å². The quantitative estimate of drug-likeness (QED) is 0.113. The molecule has 8 nitrogen and oxygen atoms in total. The number of amides is 1.